The maximum atomic E-state index is 12.2. The third-order valence-electron chi connectivity index (χ3n) is 4.27. The smallest absolute Gasteiger partial charge is 0.353 e. The molecule has 0 radical (unpaired) electrons. The molecule has 0 aliphatic heterocycles. The van der Waals surface area contributed by atoms with Crippen molar-refractivity contribution in [2.45, 2.75) is 0 Å². The first-order chi connectivity index (χ1) is 16.0. The minimum atomic E-state index is -0.499. The van der Waals surface area contributed by atoms with Crippen LogP contribution in [0, 0.1) is 0 Å². The highest BCUT2D eigenvalue weighted by Gasteiger charge is 2.12. The zero-order valence-corrected chi connectivity index (χ0v) is 18.7. The van der Waals surface area contributed by atoms with Crippen LogP contribution in [0.25, 0.3) is 0 Å². The molecule has 0 saturated heterocycles. The van der Waals surface area contributed by atoms with Gasteiger partial charge in [0, 0.05) is 5.56 Å². The number of benzene rings is 2. The summed E-state index contributed by atoms with van der Waals surface area (Å²) in [7, 11) is 2.97. The van der Waals surface area contributed by atoms with Gasteiger partial charge in [0.1, 0.15) is 10.6 Å². The average Bonchev–Trinajstić information content (AvgIpc) is 3.38. The molecule has 0 aliphatic rings. The maximum absolute atomic E-state index is 12.2. The van der Waals surface area contributed by atoms with Gasteiger partial charge in [0.25, 0.3) is 11.8 Å². The van der Waals surface area contributed by atoms with Gasteiger partial charge in [-0.05, 0) is 59.5 Å². The van der Waals surface area contributed by atoms with E-state index in [4.69, 9.17) is 14.2 Å². The van der Waals surface area contributed by atoms with E-state index in [1.165, 1.54) is 37.8 Å². The number of nitrogens with zero attached hydrogens (tertiary/aromatic N) is 1. The predicted octanol–water partition coefficient (Wildman–Crippen LogP) is 2.86. The fourth-order valence-corrected chi connectivity index (χ4v) is 3.23. The van der Waals surface area contributed by atoms with Crippen LogP contribution < -0.4 is 25.0 Å². The van der Waals surface area contributed by atoms with Crippen molar-refractivity contribution in [2.75, 3.05) is 20.8 Å². The molecule has 33 heavy (non-hydrogen) atoms. The number of carbonyl (C=O) groups excluding carboxylic acids is 3. The Hall–Kier alpha value is -4.18. The van der Waals surface area contributed by atoms with Crippen LogP contribution >= 0.6 is 11.3 Å². The molecule has 0 aliphatic carbocycles. The molecule has 9 nitrogen and oxygen atoms in total. The molecule has 0 atom stereocenters. The molecule has 0 saturated carbocycles. The molecule has 0 spiro atoms. The fourth-order valence-electron chi connectivity index (χ4n) is 2.63. The van der Waals surface area contributed by atoms with Crippen LogP contribution in [0.4, 0.5) is 0 Å². The van der Waals surface area contributed by atoms with Gasteiger partial charge in [0.2, 0.25) is 0 Å². The van der Waals surface area contributed by atoms with Gasteiger partial charge < -0.3 is 19.5 Å². The Kier molecular flexibility index (Phi) is 8.14. The second-order valence-corrected chi connectivity index (χ2v) is 7.43. The van der Waals surface area contributed by atoms with Crippen LogP contribution in [0.2, 0.25) is 0 Å². The summed E-state index contributed by atoms with van der Waals surface area (Å²) in [4.78, 5) is 36.6. The molecular formula is C23H21N3O6S. The lowest BCUT2D eigenvalue weighted by molar-refractivity contribution is -0.120. The van der Waals surface area contributed by atoms with E-state index in [0.29, 0.717) is 33.3 Å². The molecule has 0 unspecified atom stereocenters. The summed E-state index contributed by atoms with van der Waals surface area (Å²) in [5.74, 6) is -0.0630. The van der Waals surface area contributed by atoms with Gasteiger partial charge in [-0.1, -0.05) is 6.07 Å². The molecule has 0 fully saturated rings. The number of hydrogen-bond donors (Lipinski definition) is 2. The summed E-state index contributed by atoms with van der Waals surface area (Å²) in [6.07, 6.45) is 1.43. The van der Waals surface area contributed by atoms with Gasteiger partial charge in [-0.15, -0.1) is 11.3 Å². The monoisotopic (exact) mass is 467 g/mol. The molecule has 3 rings (SSSR count). The minimum Gasteiger partial charge on any atom is -0.493 e. The summed E-state index contributed by atoms with van der Waals surface area (Å²) in [6, 6.07) is 14.8. The standard InChI is InChI=1S/C23H21N3O6S/c1-30-18-10-7-16(12-19(18)31-2)22(28)24-14-21(27)26-25-13-15-5-8-17(9-6-15)32-23(29)20-4-3-11-33-20/h3-13H,14H2,1-2H3,(H,24,28)(H,26,27)/b25-13-. The number of rotatable bonds is 9. The topological polar surface area (TPSA) is 115 Å². The highest BCUT2D eigenvalue weighted by Crippen LogP contribution is 2.27. The molecule has 3 aromatic rings. The minimum absolute atomic E-state index is 0.262. The van der Waals surface area contributed by atoms with E-state index in [1.807, 2.05) is 0 Å². The van der Waals surface area contributed by atoms with Crippen molar-refractivity contribution in [2.24, 2.45) is 5.10 Å². The van der Waals surface area contributed by atoms with Gasteiger partial charge in [0.15, 0.2) is 11.5 Å². The van der Waals surface area contributed by atoms with E-state index in [0.717, 1.165) is 0 Å². The van der Waals surface area contributed by atoms with Crippen LogP contribution in [0.3, 0.4) is 0 Å². The SMILES string of the molecule is COc1ccc(C(=O)NCC(=O)N/N=C\c2ccc(OC(=O)c3cccs3)cc2)cc1OC. The van der Waals surface area contributed by atoms with Crippen LogP contribution in [-0.4, -0.2) is 44.8 Å². The largest absolute Gasteiger partial charge is 0.493 e. The van der Waals surface area contributed by atoms with Crippen LogP contribution in [0.1, 0.15) is 25.6 Å². The zero-order valence-electron chi connectivity index (χ0n) is 17.9. The Balaban J connectivity index is 1.45. The molecule has 2 amide bonds. The lowest BCUT2D eigenvalue weighted by atomic mass is 10.2. The Bertz CT molecular complexity index is 1140. The third-order valence-corrected chi connectivity index (χ3v) is 5.12. The maximum Gasteiger partial charge on any atom is 0.353 e. The third kappa shape index (κ3) is 6.65. The number of esters is 1. The van der Waals surface area contributed by atoms with Crippen LogP contribution in [0.15, 0.2) is 65.1 Å². The lowest BCUT2D eigenvalue weighted by Crippen LogP contribution is -2.34. The van der Waals surface area contributed by atoms with Gasteiger partial charge in [-0.3, -0.25) is 9.59 Å². The zero-order chi connectivity index (χ0) is 23.6. The normalized spacial score (nSPS) is 10.5. The lowest BCUT2D eigenvalue weighted by Gasteiger charge is -2.09. The van der Waals surface area contributed by atoms with Crippen molar-refractivity contribution >= 4 is 35.3 Å². The van der Waals surface area contributed by atoms with E-state index < -0.39 is 17.8 Å². The van der Waals surface area contributed by atoms with Crippen LogP contribution in [0.5, 0.6) is 17.2 Å². The summed E-state index contributed by atoms with van der Waals surface area (Å²) in [5.41, 5.74) is 3.34. The molecule has 1 aromatic heterocycles. The van der Waals surface area contributed by atoms with Gasteiger partial charge in [-0.25, -0.2) is 10.2 Å². The number of amides is 2. The Morgan fingerprint density at radius 2 is 1.76 bits per heavy atom. The van der Waals surface area contributed by atoms with Crippen molar-refractivity contribution < 1.29 is 28.6 Å². The molecule has 170 valence electrons. The van der Waals surface area contributed by atoms with Gasteiger partial charge in [0.05, 0.1) is 27.0 Å². The molecule has 1 heterocycles. The quantitative estimate of drug-likeness (QED) is 0.216. The van der Waals surface area contributed by atoms with E-state index >= 15 is 0 Å². The van der Waals surface area contributed by atoms with E-state index in [-0.39, 0.29) is 6.54 Å². The van der Waals surface area contributed by atoms with Gasteiger partial charge in [-0.2, -0.15) is 5.10 Å². The number of ether oxygens (including phenoxy) is 3. The van der Waals surface area contributed by atoms with E-state index in [9.17, 15) is 14.4 Å². The van der Waals surface area contributed by atoms with Crippen molar-refractivity contribution in [3.8, 4) is 17.2 Å². The number of hydrazone groups is 1. The first-order valence-corrected chi connectivity index (χ1v) is 10.6. The summed E-state index contributed by atoms with van der Waals surface area (Å²) < 4.78 is 15.6. The Labute approximate surface area is 194 Å². The first-order valence-electron chi connectivity index (χ1n) is 9.68. The second-order valence-electron chi connectivity index (χ2n) is 6.48. The highest BCUT2D eigenvalue weighted by atomic mass is 32.1. The molecule has 0 bridgehead atoms. The van der Waals surface area contributed by atoms with Crippen molar-refractivity contribution in [1.82, 2.24) is 10.7 Å². The number of hydrogen-bond acceptors (Lipinski definition) is 8. The number of carbonyl (C=O) groups is 3. The number of nitrogens with one attached hydrogen (secondary N) is 2. The average molecular weight is 468 g/mol. The van der Waals surface area contributed by atoms with Crippen molar-refractivity contribution in [3.05, 3.63) is 76.0 Å². The van der Waals surface area contributed by atoms with Crippen molar-refractivity contribution in [3.63, 3.8) is 0 Å². The highest BCUT2D eigenvalue weighted by molar-refractivity contribution is 7.12. The molecule has 2 N–H and O–H groups in total. The van der Waals surface area contributed by atoms with Crippen molar-refractivity contribution in [1.29, 1.82) is 0 Å². The molecule has 10 heteroatoms. The Morgan fingerprint density at radius 1 is 1.00 bits per heavy atom. The summed E-state index contributed by atoms with van der Waals surface area (Å²) in [5, 5.41) is 8.16. The summed E-state index contributed by atoms with van der Waals surface area (Å²) in [6.45, 7) is -0.262. The van der Waals surface area contributed by atoms with E-state index in [2.05, 4.69) is 15.8 Å². The van der Waals surface area contributed by atoms with E-state index in [1.54, 1.807) is 53.9 Å². The molecular weight excluding hydrogens is 446 g/mol. The van der Waals surface area contributed by atoms with Gasteiger partial charge >= 0.3 is 5.97 Å². The summed E-state index contributed by atoms with van der Waals surface area (Å²) >= 11 is 1.30. The number of thiophene rings is 1. The first kappa shape index (κ1) is 23.5. The predicted molar refractivity (Wildman–Crippen MR) is 123 cm³/mol. The second kappa shape index (κ2) is 11.4. The fraction of sp³-hybridized carbons (Fsp3) is 0.130. The molecule has 2 aromatic carbocycles. The number of methoxy groups -OCH3 is 2. The Morgan fingerprint density at radius 3 is 2.42 bits per heavy atom. The van der Waals surface area contributed by atoms with Crippen LogP contribution in [-0.2, 0) is 4.79 Å².